The zero-order chi connectivity index (χ0) is 11.2. The Hall–Kier alpha value is -2.17. The molecule has 0 saturated carbocycles. The Kier molecular flexibility index (Phi) is 3.28. The molecule has 0 saturated heterocycles. The molecule has 0 radical (unpaired) electrons. The van der Waals surface area contributed by atoms with Crippen LogP contribution < -0.4 is 5.32 Å². The largest absolute Gasteiger partial charge is 0.326 e. The lowest BCUT2D eigenvalue weighted by atomic mass is 10.2. The van der Waals surface area contributed by atoms with Gasteiger partial charge in [-0.1, -0.05) is 18.2 Å². The van der Waals surface area contributed by atoms with E-state index in [0.717, 1.165) is 11.4 Å². The molecule has 0 atom stereocenters. The summed E-state index contributed by atoms with van der Waals surface area (Å²) in [7, 11) is 0. The third-order valence-corrected chi connectivity index (χ3v) is 2.13. The summed E-state index contributed by atoms with van der Waals surface area (Å²) >= 11 is 0. The molecule has 0 unspecified atom stereocenters. The van der Waals surface area contributed by atoms with Crippen LogP contribution in [-0.2, 0) is 11.2 Å². The Labute approximate surface area is 92.9 Å². The molecule has 5 nitrogen and oxygen atoms in total. The van der Waals surface area contributed by atoms with Crippen LogP contribution in [0.2, 0.25) is 0 Å². The third kappa shape index (κ3) is 2.91. The maximum absolute atomic E-state index is 11.5. The first kappa shape index (κ1) is 10.4. The molecular weight excluding hydrogens is 204 g/mol. The molecule has 1 aromatic carbocycles. The molecule has 2 rings (SSSR count). The summed E-state index contributed by atoms with van der Waals surface area (Å²) in [6.45, 7) is 0. The number of para-hydroxylation sites is 1. The van der Waals surface area contributed by atoms with Gasteiger partial charge in [0, 0.05) is 18.5 Å². The van der Waals surface area contributed by atoms with Crippen LogP contribution in [0.1, 0.15) is 12.1 Å². The number of nitrogens with one attached hydrogen (secondary N) is 2. The van der Waals surface area contributed by atoms with Gasteiger partial charge in [0.05, 0.1) is 11.9 Å². The second-order valence-electron chi connectivity index (χ2n) is 3.38. The van der Waals surface area contributed by atoms with Gasteiger partial charge in [-0.3, -0.25) is 4.79 Å². The Morgan fingerprint density at radius 3 is 2.81 bits per heavy atom. The molecule has 16 heavy (non-hydrogen) atoms. The summed E-state index contributed by atoms with van der Waals surface area (Å²) in [6, 6.07) is 9.38. The van der Waals surface area contributed by atoms with Crippen LogP contribution in [0, 0.1) is 0 Å². The minimum absolute atomic E-state index is 0.0193. The van der Waals surface area contributed by atoms with Crippen LogP contribution in [0.3, 0.4) is 0 Å². The molecule has 0 aliphatic rings. The zero-order valence-electron chi connectivity index (χ0n) is 8.68. The maximum Gasteiger partial charge on any atom is 0.224 e. The average molecular weight is 216 g/mol. The summed E-state index contributed by atoms with van der Waals surface area (Å²) in [6.07, 6.45) is 2.62. The van der Waals surface area contributed by atoms with Gasteiger partial charge >= 0.3 is 0 Å². The highest BCUT2D eigenvalue weighted by atomic mass is 16.1. The van der Waals surface area contributed by atoms with Crippen LogP contribution in [0.4, 0.5) is 5.69 Å². The monoisotopic (exact) mass is 216 g/mol. The number of aromatic nitrogens is 3. The van der Waals surface area contributed by atoms with Gasteiger partial charge in [0.1, 0.15) is 0 Å². The molecule has 0 bridgehead atoms. The van der Waals surface area contributed by atoms with E-state index >= 15 is 0 Å². The number of H-pyrrole nitrogens is 1. The van der Waals surface area contributed by atoms with E-state index in [1.165, 1.54) is 0 Å². The van der Waals surface area contributed by atoms with Gasteiger partial charge in [-0.25, -0.2) is 0 Å². The summed E-state index contributed by atoms with van der Waals surface area (Å²) in [4.78, 5) is 11.5. The molecule has 0 aliphatic heterocycles. The predicted molar refractivity (Wildman–Crippen MR) is 59.8 cm³/mol. The molecule has 0 fully saturated rings. The SMILES string of the molecule is O=C(CCc1cn[nH]n1)Nc1ccccc1. The quantitative estimate of drug-likeness (QED) is 0.811. The summed E-state index contributed by atoms with van der Waals surface area (Å²) in [5.41, 5.74) is 1.61. The highest BCUT2D eigenvalue weighted by Crippen LogP contribution is 2.06. The fraction of sp³-hybridized carbons (Fsp3) is 0.182. The molecule has 1 heterocycles. The van der Waals surface area contributed by atoms with E-state index in [4.69, 9.17) is 0 Å². The number of anilines is 1. The van der Waals surface area contributed by atoms with E-state index in [1.807, 2.05) is 30.3 Å². The Morgan fingerprint density at radius 2 is 2.12 bits per heavy atom. The Morgan fingerprint density at radius 1 is 1.31 bits per heavy atom. The molecule has 0 spiro atoms. The van der Waals surface area contributed by atoms with Crippen molar-refractivity contribution in [1.29, 1.82) is 0 Å². The van der Waals surface area contributed by atoms with E-state index in [9.17, 15) is 4.79 Å². The molecule has 0 aliphatic carbocycles. The minimum atomic E-state index is -0.0193. The van der Waals surface area contributed by atoms with Crippen molar-refractivity contribution in [1.82, 2.24) is 15.4 Å². The van der Waals surface area contributed by atoms with Gasteiger partial charge < -0.3 is 5.32 Å². The van der Waals surface area contributed by atoms with Crippen molar-refractivity contribution in [3.63, 3.8) is 0 Å². The van der Waals surface area contributed by atoms with Gasteiger partial charge in [0.15, 0.2) is 0 Å². The van der Waals surface area contributed by atoms with Crippen molar-refractivity contribution in [2.45, 2.75) is 12.8 Å². The van der Waals surface area contributed by atoms with Crippen molar-refractivity contribution in [2.24, 2.45) is 0 Å². The Bertz CT molecular complexity index is 438. The lowest BCUT2D eigenvalue weighted by Crippen LogP contribution is -2.12. The third-order valence-electron chi connectivity index (χ3n) is 2.13. The maximum atomic E-state index is 11.5. The first-order valence-corrected chi connectivity index (χ1v) is 5.04. The summed E-state index contributed by atoms with van der Waals surface area (Å²) in [5, 5.41) is 12.9. The zero-order valence-corrected chi connectivity index (χ0v) is 8.68. The second kappa shape index (κ2) is 5.06. The summed E-state index contributed by atoms with van der Waals surface area (Å²) < 4.78 is 0. The lowest BCUT2D eigenvalue weighted by Gasteiger charge is -2.03. The number of nitrogens with zero attached hydrogens (tertiary/aromatic N) is 2. The average Bonchev–Trinajstić information content (AvgIpc) is 2.81. The van der Waals surface area contributed by atoms with E-state index in [0.29, 0.717) is 12.8 Å². The Balaban J connectivity index is 1.81. The van der Waals surface area contributed by atoms with Crippen molar-refractivity contribution in [3.05, 3.63) is 42.2 Å². The fourth-order valence-electron chi connectivity index (χ4n) is 1.33. The number of benzene rings is 1. The smallest absolute Gasteiger partial charge is 0.224 e. The molecule has 2 N–H and O–H groups in total. The second-order valence-corrected chi connectivity index (χ2v) is 3.38. The van der Waals surface area contributed by atoms with Gasteiger partial charge in [-0.05, 0) is 12.1 Å². The predicted octanol–water partition coefficient (Wildman–Crippen LogP) is 1.38. The number of hydrogen-bond acceptors (Lipinski definition) is 3. The van der Waals surface area contributed by atoms with Crippen LogP contribution in [-0.4, -0.2) is 21.3 Å². The van der Waals surface area contributed by atoms with Crippen molar-refractivity contribution < 1.29 is 4.79 Å². The van der Waals surface area contributed by atoms with Crippen LogP contribution in [0.25, 0.3) is 0 Å². The molecule has 1 aromatic heterocycles. The highest BCUT2D eigenvalue weighted by molar-refractivity contribution is 5.90. The molecule has 2 aromatic rings. The molecule has 1 amide bonds. The van der Waals surface area contributed by atoms with E-state index in [-0.39, 0.29) is 5.91 Å². The molecular formula is C11H12N4O. The van der Waals surface area contributed by atoms with Gasteiger partial charge in [0.25, 0.3) is 0 Å². The molecule has 82 valence electrons. The normalized spacial score (nSPS) is 10.0. The number of amides is 1. The van der Waals surface area contributed by atoms with Crippen molar-refractivity contribution in [2.75, 3.05) is 5.32 Å². The number of carbonyl (C=O) groups excluding carboxylic acids is 1. The fourth-order valence-corrected chi connectivity index (χ4v) is 1.33. The first-order valence-electron chi connectivity index (χ1n) is 5.04. The summed E-state index contributed by atoms with van der Waals surface area (Å²) in [5.74, 6) is -0.0193. The standard InChI is InChI=1S/C11H12N4O/c16-11(7-6-10-8-12-15-14-10)13-9-4-2-1-3-5-9/h1-5,8H,6-7H2,(H,13,16)(H,12,14,15). The highest BCUT2D eigenvalue weighted by Gasteiger charge is 2.03. The van der Waals surface area contributed by atoms with E-state index < -0.39 is 0 Å². The lowest BCUT2D eigenvalue weighted by molar-refractivity contribution is -0.116. The van der Waals surface area contributed by atoms with Crippen LogP contribution >= 0.6 is 0 Å². The van der Waals surface area contributed by atoms with E-state index in [2.05, 4.69) is 20.7 Å². The number of aromatic amines is 1. The van der Waals surface area contributed by atoms with Gasteiger partial charge in [-0.2, -0.15) is 15.4 Å². The number of hydrogen-bond donors (Lipinski definition) is 2. The minimum Gasteiger partial charge on any atom is -0.326 e. The van der Waals surface area contributed by atoms with Crippen molar-refractivity contribution in [3.8, 4) is 0 Å². The van der Waals surface area contributed by atoms with Crippen LogP contribution in [0.5, 0.6) is 0 Å². The number of carbonyl (C=O) groups is 1. The van der Waals surface area contributed by atoms with Gasteiger partial charge in [0.2, 0.25) is 5.91 Å². The topological polar surface area (TPSA) is 70.7 Å². The van der Waals surface area contributed by atoms with Crippen molar-refractivity contribution >= 4 is 11.6 Å². The van der Waals surface area contributed by atoms with E-state index in [1.54, 1.807) is 6.20 Å². The molecule has 5 heteroatoms. The van der Waals surface area contributed by atoms with Gasteiger partial charge in [-0.15, -0.1) is 0 Å². The number of aryl methyl sites for hydroxylation is 1. The van der Waals surface area contributed by atoms with Crippen LogP contribution in [0.15, 0.2) is 36.5 Å². The first-order chi connectivity index (χ1) is 7.84. The number of rotatable bonds is 4.